The van der Waals surface area contributed by atoms with Crippen LogP contribution in [0.4, 0.5) is 4.39 Å². The number of aliphatic carboxylic acids is 1. The molecule has 0 aromatic heterocycles. The summed E-state index contributed by atoms with van der Waals surface area (Å²) in [6, 6.07) is 4.61. The third-order valence-electron chi connectivity index (χ3n) is 3.31. The molecular formula is C12H12BrFO2. The molecule has 0 atom stereocenters. The fraction of sp³-hybridized carbons (Fsp3) is 0.417. The zero-order chi connectivity index (χ0) is 11.8. The van der Waals surface area contributed by atoms with Gasteiger partial charge in [0.2, 0.25) is 0 Å². The Balaban J connectivity index is 2.51. The van der Waals surface area contributed by atoms with E-state index in [1.54, 1.807) is 12.1 Å². The summed E-state index contributed by atoms with van der Waals surface area (Å²) >= 11 is 3.17. The molecule has 1 N–H and O–H groups in total. The smallest absolute Gasteiger partial charge is 0.314 e. The van der Waals surface area contributed by atoms with Crippen LogP contribution in [-0.4, -0.2) is 11.1 Å². The van der Waals surface area contributed by atoms with Crippen molar-refractivity contribution in [2.75, 3.05) is 0 Å². The number of hydrogen-bond donors (Lipinski definition) is 1. The Bertz CT molecular complexity index is 425. The quantitative estimate of drug-likeness (QED) is 0.904. The van der Waals surface area contributed by atoms with Gasteiger partial charge in [-0.05, 0) is 25.0 Å². The highest BCUT2D eigenvalue weighted by Gasteiger charge is 2.44. The van der Waals surface area contributed by atoms with Crippen LogP contribution in [0.5, 0.6) is 0 Å². The average molecular weight is 287 g/mol. The summed E-state index contributed by atoms with van der Waals surface area (Å²) in [6.07, 6.45) is 2.76. The van der Waals surface area contributed by atoms with Crippen LogP contribution < -0.4 is 0 Å². The first-order chi connectivity index (χ1) is 7.56. The molecule has 0 heterocycles. The normalized spacial score (nSPS) is 18.6. The zero-order valence-electron chi connectivity index (χ0n) is 8.67. The van der Waals surface area contributed by atoms with Crippen LogP contribution in [0.1, 0.15) is 31.2 Å². The van der Waals surface area contributed by atoms with Gasteiger partial charge < -0.3 is 5.11 Å². The van der Waals surface area contributed by atoms with Crippen molar-refractivity contribution in [1.29, 1.82) is 0 Å². The monoisotopic (exact) mass is 286 g/mol. The van der Waals surface area contributed by atoms with E-state index in [-0.39, 0.29) is 0 Å². The van der Waals surface area contributed by atoms with Gasteiger partial charge in [-0.3, -0.25) is 4.79 Å². The summed E-state index contributed by atoms with van der Waals surface area (Å²) < 4.78 is 14.4. The highest BCUT2D eigenvalue weighted by atomic mass is 79.9. The lowest BCUT2D eigenvalue weighted by Crippen LogP contribution is -2.33. The van der Waals surface area contributed by atoms with Gasteiger partial charge in [-0.25, -0.2) is 4.39 Å². The van der Waals surface area contributed by atoms with Crippen LogP contribution in [-0.2, 0) is 10.2 Å². The molecule has 0 spiro atoms. The molecule has 16 heavy (non-hydrogen) atoms. The third-order valence-corrected chi connectivity index (χ3v) is 3.81. The number of carboxylic acid groups (broad SMARTS) is 1. The number of benzene rings is 1. The lowest BCUT2D eigenvalue weighted by Gasteiger charge is -2.24. The van der Waals surface area contributed by atoms with Crippen molar-refractivity contribution in [2.24, 2.45) is 0 Å². The molecule has 1 aliphatic carbocycles. The third kappa shape index (κ3) is 1.75. The molecule has 1 aliphatic rings. The summed E-state index contributed by atoms with van der Waals surface area (Å²) in [5.74, 6) is -1.34. The molecule has 1 aromatic carbocycles. The Kier molecular flexibility index (Phi) is 3.02. The largest absolute Gasteiger partial charge is 0.481 e. The Labute approximate surface area is 102 Å². The van der Waals surface area contributed by atoms with E-state index in [1.165, 1.54) is 6.07 Å². The van der Waals surface area contributed by atoms with Gasteiger partial charge in [0, 0.05) is 10.0 Å². The Morgan fingerprint density at radius 1 is 1.38 bits per heavy atom. The van der Waals surface area contributed by atoms with Crippen LogP contribution in [0.25, 0.3) is 0 Å². The fourth-order valence-corrected chi connectivity index (χ4v) is 2.79. The van der Waals surface area contributed by atoms with E-state index in [1.807, 2.05) is 0 Å². The van der Waals surface area contributed by atoms with Gasteiger partial charge in [0.25, 0.3) is 0 Å². The predicted molar refractivity (Wildman–Crippen MR) is 61.9 cm³/mol. The number of carbonyl (C=O) groups is 1. The molecule has 2 nitrogen and oxygen atoms in total. The Morgan fingerprint density at radius 2 is 2.00 bits per heavy atom. The lowest BCUT2D eigenvalue weighted by atomic mass is 9.79. The molecule has 0 amide bonds. The van der Waals surface area contributed by atoms with Gasteiger partial charge in [0.1, 0.15) is 5.82 Å². The van der Waals surface area contributed by atoms with Crippen molar-refractivity contribution < 1.29 is 14.3 Å². The molecule has 0 saturated heterocycles. The zero-order valence-corrected chi connectivity index (χ0v) is 10.3. The van der Waals surface area contributed by atoms with Crippen molar-refractivity contribution in [3.63, 3.8) is 0 Å². The minimum absolute atomic E-state index is 0.320. The van der Waals surface area contributed by atoms with E-state index >= 15 is 0 Å². The molecule has 86 valence electrons. The first-order valence-corrected chi connectivity index (χ1v) is 6.04. The van der Waals surface area contributed by atoms with E-state index in [0.29, 0.717) is 22.9 Å². The van der Waals surface area contributed by atoms with E-state index in [2.05, 4.69) is 15.9 Å². The summed E-state index contributed by atoms with van der Waals surface area (Å²) in [5, 5.41) is 9.33. The fourth-order valence-electron chi connectivity index (χ4n) is 2.45. The SMILES string of the molecule is O=C(O)C1(c2ccc(Br)cc2F)CCCC1. The average Bonchev–Trinajstić information content (AvgIpc) is 2.67. The first-order valence-electron chi connectivity index (χ1n) is 5.25. The van der Waals surface area contributed by atoms with Gasteiger partial charge in [0.15, 0.2) is 0 Å². The highest BCUT2D eigenvalue weighted by Crippen LogP contribution is 2.42. The molecule has 1 aromatic rings. The number of hydrogen-bond acceptors (Lipinski definition) is 1. The van der Waals surface area contributed by atoms with Crippen LogP contribution in [0, 0.1) is 5.82 Å². The molecule has 1 fully saturated rings. The molecule has 0 bridgehead atoms. The van der Waals surface area contributed by atoms with Crippen LogP contribution in [0.3, 0.4) is 0 Å². The second-order valence-electron chi connectivity index (χ2n) is 4.22. The maximum absolute atomic E-state index is 13.8. The van der Waals surface area contributed by atoms with Crippen molar-refractivity contribution >= 4 is 21.9 Å². The topological polar surface area (TPSA) is 37.3 Å². The minimum Gasteiger partial charge on any atom is -0.481 e. The van der Waals surface area contributed by atoms with E-state index in [9.17, 15) is 14.3 Å². The molecule has 1 saturated carbocycles. The second-order valence-corrected chi connectivity index (χ2v) is 5.13. The van der Waals surface area contributed by atoms with E-state index in [0.717, 1.165) is 12.8 Å². The Hall–Kier alpha value is -0.900. The molecule has 0 radical (unpaired) electrons. The first kappa shape index (κ1) is 11.6. The molecule has 2 rings (SSSR count). The van der Waals surface area contributed by atoms with Crippen LogP contribution >= 0.6 is 15.9 Å². The van der Waals surface area contributed by atoms with Crippen molar-refractivity contribution in [1.82, 2.24) is 0 Å². The van der Waals surface area contributed by atoms with Gasteiger partial charge >= 0.3 is 5.97 Å². The van der Waals surface area contributed by atoms with Gasteiger partial charge in [-0.2, -0.15) is 0 Å². The summed E-state index contributed by atoms with van der Waals surface area (Å²) in [4.78, 5) is 11.4. The number of carboxylic acids is 1. The molecule has 0 unspecified atom stereocenters. The van der Waals surface area contributed by atoms with E-state index in [4.69, 9.17) is 0 Å². The van der Waals surface area contributed by atoms with Crippen molar-refractivity contribution in [3.05, 3.63) is 34.1 Å². The summed E-state index contributed by atoms with van der Waals surface area (Å²) in [6.45, 7) is 0. The predicted octanol–water partition coefficient (Wildman–Crippen LogP) is 3.48. The standard InChI is InChI=1S/C12H12BrFO2/c13-8-3-4-9(10(14)7-8)12(11(15)16)5-1-2-6-12/h3-4,7H,1-2,5-6H2,(H,15,16). The van der Waals surface area contributed by atoms with Gasteiger partial charge in [0.05, 0.1) is 5.41 Å². The number of rotatable bonds is 2. The van der Waals surface area contributed by atoms with Crippen LogP contribution in [0.15, 0.2) is 22.7 Å². The molecular weight excluding hydrogens is 275 g/mol. The van der Waals surface area contributed by atoms with Crippen molar-refractivity contribution in [3.8, 4) is 0 Å². The van der Waals surface area contributed by atoms with E-state index < -0.39 is 17.2 Å². The van der Waals surface area contributed by atoms with Crippen molar-refractivity contribution in [2.45, 2.75) is 31.1 Å². The summed E-state index contributed by atoms with van der Waals surface area (Å²) in [5.41, 5.74) is -0.689. The number of halogens is 2. The highest BCUT2D eigenvalue weighted by molar-refractivity contribution is 9.10. The van der Waals surface area contributed by atoms with Gasteiger partial charge in [-0.15, -0.1) is 0 Å². The van der Waals surface area contributed by atoms with Gasteiger partial charge in [-0.1, -0.05) is 34.8 Å². The maximum Gasteiger partial charge on any atom is 0.314 e. The Morgan fingerprint density at radius 3 is 2.50 bits per heavy atom. The molecule has 4 heteroatoms. The summed E-state index contributed by atoms with van der Waals surface area (Å²) in [7, 11) is 0. The second kappa shape index (κ2) is 4.17. The maximum atomic E-state index is 13.8. The van der Waals surface area contributed by atoms with Crippen LogP contribution in [0.2, 0.25) is 0 Å². The molecule has 0 aliphatic heterocycles. The minimum atomic E-state index is -1.01. The lowest BCUT2D eigenvalue weighted by molar-refractivity contribution is -0.143.